The summed E-state index contributed by atoms with van der Waals surface area (Å²) in [5.41, 5.74) is 0.549. The SMILES string of the molecule is CCOC(=O)C(C#N)c1cc(OCc2ccccc2)ccc1[N+](=O)[O-]. The highest BCUT2D eigenvalue weighted by Gasteiger charge is 2.29. The quantitative estimate of drug-likeness (QED) is 0.435. The first-order valence-corrected chi connectivity index (χ1v) is 7.58. The summed E-state index contributed by atoms with van der Waals surface area (Å²) in [6.45, 7) is 1.93. The summed E-state index contributed by atoms with van der Waals surface area (Å²) in [5.74, 6) is -1.89. The van der Waals surface area contributed by atoms with Gasteiger partial charge in [0.25, 0.3) is 5.69 Å². The second kappa shape index (κ2) is 8.45. The van der Waals surface area contributed by atoms with Crippen LogP contribution in [0.25, 0.3) is 0 Å². The van der Waals surface area contributed by atoms with Gasteiger partial charge in [-0.15, -0.1) is 0 Å². The molecule has 0 aromatic heterocycles. The molecule has 0 aliphatic carbocycles. The standard InChI is InChI=1S/C18H16N2O5/c1-2-24-18(21)16(11-19)15-10-14(8-9-17(15)20(22)23)25-12-13-6-4-3-5-7-13/h3-10,16H,2,12H2,1H3. The molecular formula is C18H16N2O5. The highest BCUT2D eigenvalue weighted by Crippen LogP contribution is 2.31. The van der Waals surface area contributed by atoms with Crippen LogP contribution in [0.4, 0.5) is 5.69 Å². The molecule has 2 rings (SSSR count). The summed E-state index contributed by atoms with van der Waals surface area (Å²) >= 11 is 0. The number of nitro groups is 1. The van der Waals surface area contributed by atoms with E-state index in [0.717, 1.165) is 5.56 Å². The highest BCUT2D eigenvalue weighted by atomic mass is 16.6. The number of carbonyl (C=O) groups is 1. The van der Waals surface area contributed by atoms with Gasteiger partial charge in [0.1, 0.15) is 12.4 Å². The minimum atomic E-state index is -1.39. The maximum Gasteiger partial charge on any atom is 0.328 e. The molecule has 25 heavy (non-hydrogen) atoms. The Morgan fingerprint density at radius 2 is 2.00 bits per heavy atom. The summed E-state index contributed by atoms with van der Waals surface area (Å²) in [7, 11) is 0. The molecule has 0 fully saturated rings. The minimum absolute atomic E-state index is 0.0449. The van der Waals surface area contributed by atoms with Crippen LogP contribution in [0.3, 0.4) is 0 Å². The number of carbonyl (C=O) groups excluding carboxylic acids is 1. The topological polar surface area (TPSA) is 102 Å². The van der Waals surface area contributed by atoms with E-state index in [9.17, 15) is 20.2 Å². The summed E-state index contributed by atoms with van der Waals surface area (Å²) in [5, 5.41) is 20.5. The van der Waals surface area contributed by atoms with E-state index >= 15 is 0 Å². The number of esters is 1. The molecule has 1 atom stereocenters. The molecular weight excluding hydrogens is 324 g/mol. The fraction of sp³-hybridized carbons (Fsp3) is 0.222. The third-order valence-electron chi connectivity index (χ3n) is 3.41. The first-order valence-electron chi connectivity index (χ1n) is 7.58. The van der Waals surface area contributed by atoms with E-state index in [4.69, 9.17) is 9.47 Å². The van der Waals surface area contributed by atoms with Gasteiger partial charge in [-0.3, -0.25) is 14.9 Å². The Labute approximate surface area is 144 Å². The molecule has 2 aromatic carbocycles. The van der Waals surface area contributed by atoms with Crippen LogP contribution in [0.1, 0.15) is 24.0 Å². The lowest BCUT2D eigenvalue weighted by molar-refractivity contribution is -0.385. The lowest BCUT2D eigenvalue weighted by Crippen LogP contribution is -2.16. The summed E-state index contributed by atoms with van der Waals surface area (Å²) in [6.07, 6.45) is 0. The fourth-order valence-electron chi connectivity index (χ4n) is 2.24. The highest BCUT2D eigenvalue weighted by molar-refractivity contribution is 5.83. The van der Waals surface area contributed by atoms with Crippen molar-refractivity contribution in [2.75, 3.05) is 6.61 Å². The molecule has 0 radical (unpaired) electrons. The van der Waals surface area contributed by atoms with Crippen molar-refractivity contribution in [1.82, 2.24) is 0 Å². The zero-order valence-electron chi connectivity index (χ0n) is 13.5. The molecule has 0 saturated carbocycles. The van der Waals surface area contributed by atoms with E-state index in [1.807, 2.05) is 30.3 Å². The Hall–Kier alpha value is -3.40. The summed E-state index contributed by atoms with van der Waals surface area (Å²) < 4.78 is 10.4. The Balaban J connectivity index is 2.31. The summed E-state index contributed by atoms with van der Waals surface area (Å²) in [6, 6.07) is 15.1. The molecule has 0 N–H and O–H groups in total. The predicted molar refractivity (Wildman–Crippen MR) is 88.9 cm³/mol. The van der Waals surface area contributed by atoms with Crippen LogP contribution in [-0.2, 0) is 16.1 Å². The van der Waals surface area contributed by atoms with Gasteiger partial charge in [-0.05, 0) is 24.6 Å². The number of hydrogen-bond donors (Lipinski definition) is 0. The maximum absolute atomic E-state index is 11.9. The van der Waals surface area contributed by atoms with Crippen LogP contribution in [0.15, 0.2) is 48.5 Å². The zero-order chi connectivity index (χ0) is 18.2. The molecule has 7 heteroatoms. The Bertz CT molecular complexity index is 799. The monoisotopic (exact) mass is 340 g/mol. The number of nitro benzene ring substituents is 1. The smallest absolute Gasteiger partial charge is 0.328 e. The van der Waals surface area contributed by atoms with E-state index in [1.165, 1.54) is 18.2 Å². The van der Waals surface area contributed by atoms with Gasteiger partial charge >= 0.3 is 5.97 Å². The molecule has 128 valence electrons. The van der Waals surface area contributed by atoms with E-state index in [0.29, 0.717) is 5.75 Å². The number of rotatable bonds is 7. The average Bonchev–Trinajstić information content (AvgIpc) is 2.61. The molecule has 2 aromatic rings. The molecule has 0 aliphatic rings. The van der Waals surface area contributed by atoms with Crippen LogP contribution < -0.4 is 4.74 Å². The van der Waals surface area contributed by atoms with Gasteiger partial charge in [-0.2, -0.15) is 5.26 Å². The van der Waals surface area contributed by atoms with Gasteiger partial charge < -0.3 is 9.47 Å². The Morgan fingerprint density at radius 3 is 2.60 bits per heavy atom. The van der Waals surface area contributed by atoms with Gasteiger partial charge in [-0.1, -0.05) is 30.3 Å². The van der Waals surface area contributed by atoms with Crippen molar-refractivity contribution in [3.8, 4) is 11.8 Å². The second-order valence-corrected chi connectivity index (χ2v) is 5.07. The molecule has 0 heterocycles. The van der Waals surface area contributed by atoms with Crippen molar-refractivity contribution >= 4 is 11.7 Å². The van der Waals surface area contributed by atoms with Crippen LogP contribution >= 0.6 is 0 Å². The minimum Gasteiger partial charge on any atom is -0.489 e. The van der Waals surface area contributed by atoms with Gasteiger partial charge in [0, 0.05) is 6.07 Å². The van der Waals surface area contributed by atoms with E-state index < -0.39 is 16.8 Å². The number of benzene rings is 2. The van der Waals surface area contributed by atoms with Crippen molar-refractivity contribution in [3.63, 3.8) is 0 Å². The second-order valence-electron chi connectivity index (χ2n) is 5.07. The molecule has 7 nitrogen and oxygen atoms in total. The summed E-state index contributed by atoms with van der Waals surface area (Å²) in [4.78, 5) is 22.5. The van der Waals surface area contributed by atoms with E-state index in [1.54, 1.807) is 13.0 Å². The molecule has 0 aliphatic heterocycles. The van der Waals surface area contributed by atoms with Crippen LogP contribution in [0.5, 0.6) is 5.75 Å². The molecule has 0 spiro atoms. The van der Waals surface area contributed by atoms with Crippen molar-refractivity contribution < 1.29 is 19.2 Å². The van der Waals surface area contributed by atoms with E-state index in [-0.39, 0.29) is 24.5 Å². The van der Waals surface area contributed by atoms with Gasteiger partial charge in [0.2, 0.25) is 0 Å². The normalized spacial score (nSPS) is 11.2. The van der Waals surface area contributed by atoms with Gasteiger partial charge in [-0.25, -0.2) is 0 Å². The van der Waals surface area contributed by atoms with Gasteiger partial charge in [0.05, 0.1) is 23.2 Å². The van der Waals surface area contributed by atoms with Crippen molar-refractivity contribution in [2.24, 2.45) is 0 Å². The van der Waals surface area contributed by atoms with Crippen LogP contribution in [0, 0.1) is 21.4 Å². The van der Waals surface area contributed by atoms with Crippen molar-refractivity contribution in [1.29, 1.82) is 5.26 Å². The molecule has 0 amide bonds. The number of nitriles is 1. The number of nitrogens with zero attached hydrogens (tertiary/aromatic N) is 2. The van der Waals surface area contributed by atoms with Crippen LogP contribution in [0.2, 0.25) is 0 Å². The molecule has 0 bridgehead atoms. The first-order chi connectivity index (χ1) is 12.1. The van der Waals surface area contributed by atoms with Gasteiger partial charge in [0.15, 0.2) is 5.92 Å². The largest absolute Gasteiger partial charge is 0.489 e. The van der Waals surface area contributed by atoms with Crippen molar-refractivity contribution in [2.45, 2.75) is 19.4 Å². The lowest BCUT2D eigenvalue weighted by atomic mass is 9.98. The molecule has 0 saturated heterocycles. The maximum atomic E-state index is 11.9. The third-order valence-corrected chi connectivity index (χ3v) is 3.41. The fourth-order valence-corrected chi connectivity index (χ4v) is 2.24. The van der Waals surface area contributed by atoms with Crippen molar-refractivity contribution in [3.05, 3.63) is 69.8 Å². The number of hydrogen-bond acceptors (Lipinski definition) is 6. The number of ether oxygens (including phenoxy) is 2. The molecule has 1 unspecified atom stereocenters. The zero-order valence-corrected chi connectivity index (χ0v) is 13.5. The predicted octanol–water partition coefficient (Wildman–Crippen LogP) is 3.34. The lowest BCUT2D eigenvalue weighted by Gasteiger charge is -2.12. The third kappa shape index (κ3) is 4.54. The average molecular weight is 340 g/mol. The van der Waals surface area contributed by atoms with E-state index in [2.05, 4.69) is 0 Å². The Morgan fingerprint density at radius 1 is 1.28 bits per heavy atom. The first kappa shape index (κ1) is 17.9. The Kier molecular flexibility index (Phi) is 6.07. The van der Waals surface area contributed by atoms with Crippen LogP contribution in [-0.4, -0.2) is 17.5 Å².